The van der Waals surface area contributed by atoms with E-state index in [1.165, 1.54) is 0 Å². The van der Waals surface area contributed by atoms with Gasteiger partial charge < -0.3 is 5.32 Å². The molecule has 1 fully saturated rings. The Morgan fingerprint density at radius 1 is 1.42 bits per heavy atom. The van der Waals surface area contributed by atoms with Crippen LogP contribution >= 0.6 is 24.0 Å². The number of halogens is 2. The Morgan fingerprint density at radius 3 is 2.84 bits per heavy atom. The zero-order valence-corrected chi connectivity index (χ0v) is 12.8. The third-order valence-corrected chi connectivity index (χ3v) is 4.51. The van der Waals surface area contributed by atoms with Crippen LogP contribution in [0.25, 0.3) is 0 Å². The molecule has 0 amide bonds. The minimum Gasteiger partial charge on any atom is -0.313 e. The van der Waals surface area contributed by atoms with Crippen LogP contribution in [-0.2, 0) is 15.8 Å². The van der Waals surface area contributed by atoms with Gasteiger partial charge in [0, 0.05) is 17.6 Å². The van der Waals surface area contributed by atoms with E-state index in [4.69, 9.17) is 11.6 Å². The molecule has 1 aliphatic heterocycles. The molecule has 1 heterocycles. The molecule has 1 saturated heterocycles. The largest absolute Gasteiger partial charge is 0.313 e. The van der Waals surface area contributed by atoms with Gasteiger partial charge in [0.05, 0.1) is 5.75 Å². The molecule has 0 aromatic heterocycles. The fourth-order valence-corrected chi connectivity index (χ4v) is 3.44. The van der Waals surface area contributed by atoms with Crippen LogP contribution in [0, 0.1) is 0 Å². The first-order valence-electron chi connectivity index (χ1n) is 6.00. The van der Waals surface area contributed by atoms with Crippen molar-refractivity contribution in [2.45, 2.75) is 24.6 Å². The van der Waals surface area contributed by atoms with E-state index in [9.17, 15) is 8.42 Å². The highest BCUT2D eigenvalue weighted by Gasteiger charge is 2.17. The van der Waals surface area contributed by atoms with Crippen molar-refractivity contribution >= 4 is 34.0 Å². The first-order valence-corrected chi connectivity index (χ1v) is 8.03. The maximum atomic E-state index is 11.9. The summed E-state index contributed by atoms with van der Waals surface area (Å²) in [5.41, 5.74) is 0.703. The number of sulfonamides is 1. The van der Waals surface area contributed by atoms with Gasteiger partial charge in [-0.25, -0.2) is 13.1 Å². The standard InChI is InChI=1S/C12H17ClN2O2S.ClH/c13-11-4-1-3-10(7-11)9-18(16,17)15-8-12-5-2-6-14-12;/h1,3-4,7,12,14-15H,2,5-6,8-9H2;1H/t12-;/m1./s1. The third kappa shape index (κ3) is 5.67. The summed E-state index contributed by atoms with van der Waals surface area (Å²) in [6, 6.07) is 7.19. The van der Waals surface area contributed by atoms with E-state index in [0.717, 1.165) is 19.4 Å². The van der Waals surface area contributed by atoms with Crippen LogP contribution in [0.5, 0.6) is 0 Å². The molecule has 108 valence electrons. The van der Waals surface area contributed by atoms with Gasteiger partial charge in [0.2, 0.25) is 10.0 Å². The highest BCUT2D eigenvalue weighted by atomic mass is 35.5. The zero-order chi connectivity index (χ0) is 13.0. The number of rotatable bonds is 5. The van der Waals surface area contributed by atoms with Crippen LogP contribution in [-0.4, -0.2) is 27.5 Å². The SMILES string of the molecule is Cl.O=S(=O)(Cc1cccc(Cl)c1)NC[C@H]1CCCN1. The van der Waals surface area contributed by atoms with E-state index in [-0.39, 0.29) is 24.2 Å². The molecule has 0 spiro atoms. The Kier molecular flexibility index (Phi) is 6.56. The fourth-order valence-electron chi connectivity index (χ4n) is 2.06. The van der Waals surface area contributed by atoms with Gasteiger partial charge in [-0.05, 0) is 37.1 Å². The molecule has 7 heteroatoms. The molecule has 1 aliphatic rings. The summed E-state index contributed by atoms with van der Waals surface area (Å²) >= 11 is 5.83. The molecule has 0 bridgehead atoms. The molecular formula is C12H18Cl2N2O2S. The minimum atomic E-state index is -3.29. The lowest BCUT2D eigenvalue weighted by Crippen LogP contribution is -2.37. The van der Waals surface area contributed by atoms with E-state index in [1.807, 2.05) is 0 Å². The van der Waals surface area contributed by atoms with Gasteiger partial charge in [0.25, 0.3) is 0 Å². The molecule has 0 saturated carbocycles. The van der Waals surface area contributed by atoms with E-state index in [1.54, 1.807) is 24.3 Å². The van der Waals surface area contributed by atoms with Crippen molar-refractivity contribution in [1.29, 1.82) is 0 Å². The summed E-state index contributed by atoms with van der Waals surface area (Å²) in [6.45, 7) is 1.43. The molecule has 0 radical (unpaired) electrons. The van der Waals surface area contributed by atoms with Crippen LogP contribution in [0.15, 0.2) is 24.3 Å². The topological polar surface area (TPSA) is 58.2 Å². The monoisotopic (exact) mass is 324 g/mol. The normalized spacial score (nSPS) is 19.1. The van der Waals surface area contributed by atoms with Crippen LogP contribution in [0.1, 0.15) is 18.4 Å². The molecule has 4 nitrogen and oxygen atoms in total. The number of hydrogen-bond donors (Lipinski definition) is 2. The maximum absolute atomic E-state index is 11.9. The minimum absolute atomic E-state index is 0. The van der Waals surface area contributed by atoms with Crippen LogP contribution in [0.2, 0.25) is 5.02 Å². The molecule has 1 aromatic rings. The first-order chi connectivity index (χ1) is 8.55. The average molecular weight is 325 g/mol. The summed E-state index contributed by atoms with van der Waals surface area (Å²) in [5.74, 6) is -0.0275. The predicted molar refractivity (Wildman–Crippen MR) is 80.4 cm³/mol. The van der Waals surface area contributed by atoms with Crippen molar-refractivity contribution < 1.29 is 8.42 Å². The second kappa shape index (κ2) is 7.45. The van der Waals surface area contributed by atoms with E-state index < -0.39 is 10.0 Å². The Labute approximate surface area is 125 Å². The smallest absolute Gasteiger partial charge is 0.215 e. The summed E-state index contributed by atoms with van der Waals surface area (Å²) in [7, 11) is -3.29. The van der Waals surface area contributed by atoms with E-state index in [2.05, 4.69) is 10.0 Å². The molecule has 1 atom stereocenters. The van der Waals surface area contributed by atoms with Crippen molar-refractivity contribution in [3.8, 4) is 0 Å². The molecular weight excluding hydrogens is 307 g/mol. The summed E-state index contributed by atoms with van der Waals surface area (Å²) in [4.78, 5) is 0. The second-order valence-electron chi connectivity index (χ2n) is 4.53. The van der Waals surface area contributed by atoms with Gasteiger partial charge in [-0.2, -0.15) is 0 Å². The Hall–Kier alpha value is -0.330. The van der Waals surface area contributed by atoms with Crippen molar-refractivity contribution in [2.75, 3.05) is 13.1 Å². The third-order valence-electron chi connectivity index (χ3n) is 2.96. The van der Waals surface area contributed by atoms with Gasteiger partial charge in [0.15, 0.2) is 0 Å². The predicted octanol–water partition coefficient (Wildman–Crippen LogP) is 1.93. The lowest BCUT2D eigenvalue weighted by Gasteiger charge is -2.12. The molecule has 1 aromatic carbocycles. The van der Waals surface area contributed by atoms with E-state index in [0.29, 0.717) is 17.1 Å². The van der Waals surface area contributed by atoms with Gasteiger partial charge >= 0.3 is 0 Å². The van der Waals surface area contributed by atoms with Crippen molar-refractivity contribution in [1.82, 2.24) is 10.0 Å². The second-order valence-corrected chi connectivity index (χ2v) is 6.77. The van der Waals surface area contributed by atoms with E-state index >= 15 is 0 Å². The fraction of sp³-hybridized carbons (Fsp3) is 0.500. The van der Waals surface area contributed by atoms with Crippen molar-refractivity contribution in [2.24, 2.45) is 0 Å². The molecule has 2 rings (SSSR count). The zero-order valence-electron chi connectivity index (χ0n) is 10.4. The molecule has 0 aliphatic carbocycles. The maximum Gasteiger partial charge on any atom is 0.215 e. The number of nitrogens with one attached hydrogen (secondary N) is 2. The molecule has 19 heavy (non-hydrogen) atoms. The Morgan fingerprint density at radius 2 is 2.21 bits per heavy atom. The Bertz CT molecular complexity index is 502. The lowest BCUT2D eigenvalue weighted by molar-refractivity contribution is 0.551. The quantitative estimate of drug-likeness (QED) is 0.870. The van der Waals surface area contributed by atoms with Crippen LogP contribution < -0.4 is 10.0 Å². The van der Waals surface area contributed by atoms with Gasteiger partial charge in [0.1, 0.15) is 0 Å². The van der Waals surface area contributed by atoms with Crippen LogP contribution in [0.4, 0.5) is 0 Å². The van der Waals surface area contributed by atoms with Gasteiger partial charge in [-0.1, -0.05) is 23.7 Å². The van der Waals surface area contributed by atoms with Crippen molar-refractivity contribution in [3.63, 3.8) is 0 Å². The lowest BCUT2D eigenvalue weighted by atomic mass is 10.2. The number of benzene rings is 1. The summed E-state index contributed by atoms with van der Waals surface area (Å²) in [5, 5.41) is 3.81. The molecule has 2 N–H and O–H groups in total. The number of hydrogen-bond acceptors (Lipinski definition) is 3. The summed E-state index contributed by atoms with van der Waals surface area (Å²) in [6.07, 6.45) is 2.14. The Balaban J connectivity index is 0.00000180. The van der Waals surface area contributed by atoms with Crippen molar-refractivity contribution in [3.05, 3.63) is 34.9 Å². The van der Waals surface area contributed by atoms with Crippen LogP contribution in [0.3, 0.4) is 0 Å². The highest BCUT2D eigenvalue weighted by molar-refractivity contribution is 7.88. The highest BCUT2D eigenvalue weighted by Crippen LogP contribution is 2.13. The van der Waals surface area contributed by atoms with Gasteiger partial charge in [-0.3, -0.25) is 0 Å². The first kappa shape index (κ1) is 16.7. The van der Waals surface area contributed by atoms with Gasteiger partial charge in [-0.15, -0.1) is 12.4 Å². The average Bonchev–Trinajstić information content (AvgIpc) is 2.78. The molecule has 0 unspecified atom stereocenters. The summed E-state index contributed by atoms with van der Waals surface area (Å²) < 4.78 is 26.4.